The predicted octanol–water partition coefficient (Wildman–Crippen LogP) is 2.53. The first kappa shape index (κ1) is 10.9. The first-order valence-corrected chi connectivity index (χ1v) is 6.14. The standard InChI is InChI=1S/C8H8Cl2O2S/c1-13(11,12)5-6-2-3-7(9)8(10)4-6/h2-5H,1H3,(H,11,12). The van der Waals surface area contributed by atoms with Gasteiger partial charge in [-0.05, 0) is 17.7 Å². The van der Waals surface area contributed by atoms with E-state index >= 15 is 0 Å². The van der Waals surface area contributed by atoms with Gasteiger partial charge in [0.2, 0.25) is 0 Å². The summed E-state index contributed by atoms with van der Waals surface area (Å²) in [6, 6.07) is 4.76. The van der Waals surface area contributed by atoms with Crippen LogP contribution in [-0.2, 0) is 9.80 Å². The summed E-state index contributed by atoms with van der Waals surface area (Å²) in [7, 11) is -2.88. The van der Waals surface area contributed by atoms with E-state index in [-0.39, 0.29) is 0 Å². The number of rotatable bonds is 1. The molecule has 1 aromatic carbocycles. The van der Waals surface area contributed by atoms with Crippen LogP contribution < -0.4 is 0 Å². The Balaban J connectivity index is 3.21. The maximum atomic E-state index is 11.0. The lowest BCUT2D eigenvalue weighted by Crippen LogP contribution is -1.99. The Morgan fingerprint density at radius 3 is 2.46 bits per heavy atom. The Morgan fingerprint density at radius 1 is 1.38 bits per heavy atom. The van der Waals surface area contributed by atoms with Crippen LogP contribution in [0.15, 0.2) is 18.2 Å². The van der Waals surface area contributed by atoms with Gasteiger partial charge in [0.1, 0.15) is 0 Å². The molecule has 2 nitrogen and oxygen atoms in total. The number of benzene rings is 1. The van der Waals surface area contributed by atoms with Gasteiger partial charge in [-0.3, -0.25) is 0 Å². The third kappa shape index (κ3) is 3.56. The minimum Gasteiger partial charge on any atom is -0.314 e. The Kier molecular flexibility index (Phi) is 3.24. The first-order chi connectivity index (χ1) is 5.88. The number of hydrogen-bond acceptors (Lipinski definition) is 1. The molecular formula is C8H8Cl2O2S. The van der Waals surface area contributed by atoms with E-state index in [9.17, 15) is 4.21 Å². The molecule has 0 saturated heterocycles. The lowest BCUT2D eigenvalue weighted by molar-refractivity contribution is 0.566. The molecule has 1 N–H and O–H groups in total. The second-order valence-corrected chi connectivity index (χ2v) is 5.42. The van der Waals surface area contributed by atoms with Crippen LogP contribution in [0.2, 0.25) is 10.0 Å². The van der Waals surface area contributed by atoms with Gasteiger partial charge < -0.3 is 4.55 Å². The first-order valence-electron chi connectivity index (χ1n) is 3.40. The highest BCUT2D eigenvalue weighted by Gasteiger charge is 1.99. The van der Waals surface area contributed by atoms with Crippen molar-refractivity contribution in [2.45, 2.75) is 0 Å². The van der Waals surface area contributed by atoms with Crippen LogP contribution in [0.3, 0.4) is 0 Å². The maximum absolute atomic E-state index is 11.0. The summed E-state index contributed by atoms with van der Waals surface area (Å²) in [6.45, 7) is 0. The lowest BCUT2D eigenvalue weighted by atomic mass is 10.2. The molecule has 0 aliphatic heterocycles. The van der Waals surface area contributed by atoms with Gasteiger partial charge in [-0.2, -0.15) is 0 Å². The largest absolute Gasteiger partial charge is 0.314 e. The van der Waals surface area contributed by atoms with E-state index in [1.54, 1.807) is 18.2 Å². The summed E-state index contributed by atoms with van der Waals surface area (Å²) in [5.41, 5.74) is 0.587. The zero-order chi connectivity index (χ0) is 10.1. The van der Waals surface area contributed by atoms with Gasteiger partial charge in [-0.15, -0.1) is 0 Å². The molecule has 0 amide bonds. The number of halogens is 2. The van der Waals surface area contributed by atoms with Crippen LogP contribution in [0.25, 0.3) is 0 Å². The SMILES string of the molecule is CS(=O)(O)=Cc1ccc(Cl)c(Cl)c1. The van der Waals surface area contributed by atoms with Crippen molar-refractivity contribution in [3.63, 3.8) is 0 Å². The highest BCUT2D eigenvalue weighted by Crippen LogP contribution is 2.21. The fourth-order valence-corrected chi connectivity index (χ4v) is 1.80. The average Bonchev–Trinajstić information content (AvgIpc) is 1.94. The number of hydrogen-bond donors (Lipinski definition) is 1. The second kappa shape index (κ2) is 3.88. The highest BCUT2D eigenvalue weighted by molar-refractivity contribution is 7.95. The smallest absolute Gasteiger partial charge is 0.0791 e. The summed E-state index contributed by atoms with van der Waals surface area (Å²) >= 11 is 11.4. The van der Waals surface area contributed by atoms with Gasteiger partial charge in [0.25, 0.3) is 0 Å². The quantitative estimate of drug-likeness (QED) is 0.764. The van der Waals surface area contributed by atoms with Gasteiger partial charge >= 0.3 is 0 Å². The van der Waals surface area contributed by atoms with Crippen molar-refractivity contribution in [2.75, 3.05) is 6.26 Å². The molecule has 0 bridgehead atoms. The molecule has 0 aromatic heterocycles. The molecule has 1 aromatic rings. The Morgan fingerprint density at radius 2 is 2.00 bits per heavy atom. The van der Waals surface area contributed by atoms with Gasteiger partial charge in [0, 0.05) is 11.6 Å². The molecule has 0 aliphatic carbocycles. The van der Waals surface area contributed by atoms with E-state index in [1.807, 2.05) is 0 Å². The molecule has 0 aliphatic rings. The minimum absolute atomic E-state index is 0.374. The van der Waals surface area contributed by atoms with E-state index in [0.29, 0.717) is 15.6 Å². The van der Waals surface area contributed by atoms with Gasteiger partial charge in [0.15, 0.2) is 0 Å². The van der Waals surface area contributed by atoms with E-state index in [0.717, 1.165) is 0 Å². The van der Waals surface area contributed by atoms with Crippen molar-refractivity contribution in [2.24, 2.45) is 0 Å². The Hall–Kier alpha value is -0.220. The van der Waals surface area contributed by atoms with Crippen molar-refractivity contribution in [1.29, 1.82) is 0 Å². The monoisotopic (exact) mass is 238 g/mol. The van der Waals surface area contributed by atoms with Gasteiger partial charge in [0.05, 0.1) is 19.8 Å². The van der Waals surface area contributed by atoms with E-state index in [2.05, 4.69) is 0 Å². The molecule has 0 heterocycles. The molecule has 1 unspecified atom stereocenters. The summed E-state index contributed by atoms with van der Waals surface area (Å²) in [4.78, 5) is 0. The molecule has 0 saturated carbocycles. The van der Waals surface area contributed by atoms with Gasteiger partial charge in [-0.1, -0.05) is 29.3 Å². The predicted molar refractivity (Wildman–Crippen MR) is 58.3 cm³/mol. The Bertz CT molecular complexity index is 426. The van der Waals surface area contributed by atoms with Crippen LogP contribution >= 0.6 is 23.2 Å². The Labute approximate surface area is 87.3 Å². The fourth-order valence-electron chi connectivity index (χ4n) is 0.838. The second-order valence-electron chi connectivity index (χ2n) is 2.65. The van der Waals surface area contributed by atoms with Crippen LogP contribution in [0.5, 0.6) is 0 Å². The van der Waals surface area contributed by atoms with Crippen molar-refractivity contribution >= 4 is 38.4 Å². The van der Waals surface area contributed by atoms with Crippen molar-refractivity contribution < 1.29 is 8.76 Å². The topological polar surface area (TPSA) is 37.3 Å². The highest BCUT2D eigenvalue weighted by atomic mass is 35.5. The summed E-state index contributed by atoms with van der Waals surface area (Å²) < 4.78 is 20.0. The normalized spacial score (nSPS) is 15.1. The van der Waals surface area contributed by atoms with E-state index in [4.69, 9.17) is 27.8 Å². The summed E-state index contributed by atoms with van der Waals surface area (Å²) in [5, 5.41) is 2.05. The van der Waals surface area contributed by atoms with Crippen molar-refractivity contribution in [1.82, 2.24) is 0 Å². The van der Waals surface area contributed by atoms with Crippen molar-refractivity contribution in [3.8, 4) is 0 Å². The van der Waals surface area contributed by atoms with Gasteiger partial charge in [-0.25, -0.2) is 4.21 Å². The molecule has 13 heavy (non-hydrogen) atoms. The van der Waals surface area contributed by atoms with Crippen LogP contribution in [0.1, 0.15) is 5.56 Å². The van der Waals surface area contributed by atoms with Crippen LogP contribution in [-0.4, -0.2) is 20.4 Å². The molecule has 1 atom stereocenters. The lowest BCUT2D eigenvalue weighted by Gasteiger charge is -1.98. The fraction of sp³-hybridized carbons (Fsp3) is 0.125. The molecule has 0 fully saturated rings. The molecular weight excluding hydrogens is 231 g/mol. The third-order valence-electron chi connectivity index (χ3n) is 1.30. The maximum Gasteiger partial charge on any atom is 0.0791 e. The van der Waals surface area contributed by atoms with Crippen LogP contribution in [0, 0.1) is 0 Å². The van der Waals surface area contributed by atoms with Crippen LogP contribution in [0.4, 0.5) is 0 Å². The summed E-state index contributed by atoms with van der Waals surface area (Å²) in [6.07, 6.45) is 1.23. The third-order valence-corrected chi connectivity index (χ3v) is 2.75. The molecule has 72 valence electrons. The molecule has 0 spiro atoms. The van der Waals surface area contributed by atoms with E-state index in [1.165, 1.54) is 11.6 Å². The zero-order valence-corrected chi connectivity index (χ0v) is 9.16. The van der Waals surface area contributed by atoms with E-state index < -0.39 is 9.80 Å². The zero-order valence-electron chi connectivity index (χ0n) is 6.83. The molecule has 5 heteroatoms. The summed E-state index contributed by atoms with van der Waals surface area (Å²) in [5.74, 6) is 0. The molecule has 1 rings (SSSR count). The molecule has 0 radical (unpaired) electrons. The van der Waals surface area contributed by atoms with Crippen molar-refractivity contribution in [3.05, 3.63) is 33.8 Å². The average molecular weight is 239 g/mol. The minimum atomic E-state index is -2.88.